The van der Waals surface area contributed by atoms with Crippen LogP contribution in [0.25, 0.3) is 11.0 Å². The van der Waals surface area contributed by atoms with Gasteiger partial charge >= 0.3 is 5.63 Å². The van der Waals surface area contributed by atoms with Crippen molar-refractivity contribution in [3.8, 4) is 5.75 Å². The van der Waals surface area contributed by atoms with Crippen molar-refractivity contribution in [1.82, 2.24) is 5.32 Å². The minimum Gasteiger partial charge on any atom is -0.497 e. The fraction of sp³-hybridized carbons (Fsp3) is 0.286. The molecule has 1 amide bonds. The number of rotatable bonds is 5. The molecule has 1 heterocycles. The van der Waals surface area contributed by atoms with E-state index in [-0.39, 0.29) is 5.56 Å². The lowest BCUT2D eigenvalue weighted by Crippen LogP contribution is -2.30. The second-order valence-electron chi connectivity index (χ2n) is 4.10. The topological polar surface area (TPSA) is 77.8 Å². The molecule has 0 spiro atoms. The molecular formula is C14H15NO5. The van der Waals surface area contributed by atoms with Crippen molar-refractivity contribution in [1.29, 1.82) is 0 Å². The molecule has 2 aromatic rings. The smallest absolute Gasteiger partial charge is 0.349 e. The molecule has 0 aliphatic carbocycles. The summed E-state index contributed by atoms with van der Waals surface area (Å²) in [6.45, 7) is 0.698. The van der Waals surface area contributed by atoms with E-state index in [1.54, 1.807) is 25.3 Å². The third-order valence-corrected chi connectivity index (χ3v) is 2.78. The van der Waals surface area contributed by atoms with Crippen LogP contribution < -0.4 is 15.7 Å². The minimum atomic E-state index is -0.669. The molecule has 0 bridgehead atoms. The molecule has 0 saturated heterocycles. The zero-order chi connectivity index (χ0) is 14.5. The highest BCUT2D eigenvalue weighted by molar-refractivity contribution is 5.96. The highest BCUT2D eigenvalue weighted by Gasteiger charge is 2.13. The standard InChI is InChI=1S/C14H15NO5/c1-18-6-5-15-13(16)11-8-9-7-10(19-2)3-4-12(9)20-14(11)17/h3-4,7-8H,5-6H2,1-2H3,(H,15,16). The predicted octanol–water partition coefficient (Wildman–Crippen LogP) is 1.18. The van der Waals surface area contributed by atoms with Crippen molar-refractivity contribution >= 4 is 16.9 Å². The van der Waals surface area contributed by atoms with E-state index in [4.69, 9.17) is 13.9 Å². The largest absolute Gasteiger partial charge is 0.497 e. The van der Waals surface area contributed by atoms with E-state index in [0.717, 1.165) is 0 Å². The molecule has 20 heavy (non-hydrogen) atoms. The molecule has 0 aliphatic rings. The maximum atomic E-state index is 11.9. The normalized spacial score (nSPS) is 10.5. The number of hydrogen-bond donors (Lipinski definition) is 1. The molecule has 0 atom stereocenters. The van der Waals surface area contributed by atoms with Crippen LogP contribution in [0.3, 0.4) is 0 Å². The van der Waals surface area contributed by atoms with Crippen LogP contribution in [0, 0.1) is 0 Å². The average molecular weight is 277 g/mol. The Morgan fingerprint density at radius 1 is 1.30 bits per heavy atom. The molecule has 0 unspecified atom stereocenters. The molecule has 1 aromatic heterocycles. The van der Waals surface area contributed by atoms with Gasteiger partial charge in [-0.15, -0.1) is 0 Å². The summed E-state index contributed by atoms with van der Waals surface area (Å²) in [6, 6.07) is 6.50. The lowest BCUT2D eigenvalue weighted by atomic mass is 10.1. The molecule has 6 nitrogen and oxygen atoms in total. The van der Waals surface area contributed by atoms with E-state index in [2.05, 4.69) is 5.32 Å². The summed E-state index contributed by atoms with van der Waals surface area (Å²) in [4.78, 5) is 23.7. The number of benzene rings is 1. The highest BCUT2D eigenvalue weighted by atomic mass is 16.5. The van der Waals surface area contributed by atoms with Crippen LogP contribution in [0.5, 0.6) is 5.75 Å². The van der Waals surface area contributed by atoms with Crippen molar-refractivity contribution in [2.75, 3.05) is 27.4 Å². The van der Waals surface area contributed by atoms with Crippen LogP contribution in [0.15, 0.2) is 33.5 Å². The summed E-state index contributed by atoms with van der Waals surface area (Å²) in [6.07, 6.45) is 0. The van der Waals surface area contributed by atoms with Gasteiger partial charge in [0.05, 0.1) is 13.7 Å². The molecule has 0 aliphatic heterocycles. The third kappa shape index (κ3) is 2.97. The van der Waals surface area contributed by atoms with Crippen LogP contribution in [0.2, 0.25) is 0 Å². The average Bonchev–Trinajstić information content (AvgIpc) is 2.46. The summed E-state index contributed by atoms with van der Waals surface area (Å²) in [5, 5.41) is 3.20. The predicted molar refractivity (Wildman–Crippen MR) is 73.2 cm³/mol. The number of fused-ring (bicyclic) bond motifs is 1. The first kappa shape index (κ1) is 14.1. The number of carbonyl (C=O) groups is 1. The van der Waals surface area contributed by atoms with Crippen molar-refractivity contribution in [2.24, 2.45) is 0 Å². The number of amides is 1. The highest BCUT2D eigenvalue weighted by Crippen LogP contribution is 2.20. The van der Waals surface area contributed by atoms with Gasteiger partial charge in [0.25, 0.3) is 5.91 Å². The molecule has 1 aromatic carbocycles. The van der Waals surface area contributed by atoms with E-state index >= 15 is 0 Å². The van der Waals surface area contributed by atoms with Gasteiger partial charge in [-0.25, -0.2) is 4.79 Å². The molecule has 0 saturated carbocycles. The van der Waals surface area contributed by atoms with E-state index in [1.807, 2.05) is 0 Å². The Labute approximate surface area is 115 Å². The second-order valence-corrected chi connectivity index (χ2v) is 4.10. The van der Waals surface area contributed by atoms with E-state index in [0.29, 0.717) is 29.9 Å². The monoisotopic (exact) mass is 277 g/mol. The van der Waals surface area contributed by atoms with Gasteiger partial charge in [0, 0.05) is 19.0 Å². The van der Waals surface area contributed by atoms with Gasteiger partial charge in [0.1, 0.15) is 16.9 Å². The zero-order valence-electron chi connectivity index (χ0n) is 11.3. The van der Waals surface area contributed by atoms with Crippen molar-refractivity contribution in [2.45, 2.75) is 0 Å². The lowest BCUT2D eigenvalue weighted by molar-refractivity contribution is 0.0933. The van der Waals surface area contributed by atoms with Gasteiger partial charge in [-0.1, -0.05) is 0 Å². The summed E-state index contributed by atoms with van der Waals surface area (Å²) in [5.41, 5.74) is -0.302. The Morgan fingerprint density at radius 2 is 2.10 bits per heavy atom. The van der Waals surface area contributed by atoms with E-state index in [9.17, 15) is 9.59 Å². The quantitative estimate of drug-likeness (QED) is 0.656. The van der Waals surface area contributed by atoms with Gasteiger partial charge < -0.3 is 19.2 Å². The van der Waals surface area contributed by atoms with Crippen LogP contribution in [0.4, 0.5) is 0 Å². The minimum absolute atomic E-state index is 0.0399. The summed E-state index contributed by atoms with van der Waals surface area (Å²) in [7, 11) is 3.07. The van der Waals surface area contributed by atoms with Gasteiger partial charge in [-0.05, 0) is 24.3 Å². The molecule has 0 radical (unpaired) electrons. The van der Waals surface area contributed by atoms with E-state index in [1.165, 1.54) is 13.2 Å². The Bertz CT molecular complexity index is 677. The van der Waals surface area contributed by atoms with Crippen LogP contribution >= 0.6 is 0 Å². The summed E-state index contributed by atoms with van der Waals surface area (Å²) < 4.78 is 15.0. The van der Waals surface area contributed by atoms with Gasteiger partial charge in [0.15, 0.2) is 0 Å². The zero-order valence-corrected chi connectivity index (χ0v) is 11.3. The van der Waals surface area contributed by atoms with Gasteiger partial charge in [0.2, 0.25) is 0 Å². The third-order valence-electron chi connectivity index (χ3n) is 2.78. The van der Waals surface area contributed by atoms with Gasteiger partial charge in [-0.3, -0.25) is 4.79 Å². The maximum absolute atomic E-state index is 11.9. The molecule has 2 rings (SSSR count). The number of carbonyl (C=O) groups excluding carboxylic acids is 1. The SMILES string of the molecule is COCCNC(=O)c1cc2cc(OC)ccc2oc1=O. The Balaban J connectivity index is 2.35. The number of nitrogens with one attached hydrogen (secondary N) is 1. The van der Waals surface area contributed by atoms with Crippen molar-refractivity contribution < 1.29 is 18.7 Å². The molecule has 0 fully saturated rings. The number of hydrogen-bond acceptors (Lipinski definition) is 5. The molecular weight excluding hydrogens is 262 g/mol. The fourth-order valence-electron chi connectivity index (χ4n) is 1.75. The maximum Gasteiger partial charge on any atom is 0.349 e. The van der Waals surface area contributed by atoms with Crippen LogP contribution in [-0.2, 0) is 4.74 Å². The summed E-state index contributed by atoms with van der Waals surface area (Å²) in [5.74, 6) is 0.137. The lowest BCUT2D eigenvalue weighted by Gasteiger charge is -2.05. The van der Waals surface area contributed by atoms with Crippen molar-refractivity contribution in [3.63, 3.8) is 0 Å². The fourth-order valence-corrected chi connectivity index (χ4v) is 1.75. The second kappa shape index (κ2) is 6.21. The van der Waals surface area contributed by atoms with Crippen LogP contribution in [-0.4, -0.2) is 33.3 Å². The molecule has 106 valence electrons. The first-order valence-corrected chi connectivity index (χ1v) is 6.04. The Morgan fingerprint density at radius 3 is 2.80 bits per heavy atom. The number of methoxy groups -OCH3 is 2. The Hall–Kier alpha value is -2.34. The van der Waals surface area contributed by atoms with Crippen molar-refractivity contribution in [3.05, 3.63) is 40.2 Å². The van der Waals surface area contributed by atoms with Crippen LogP contribution in [0.1, 0.15) is 10.4 Å². The first-order valence-electron chi connectivity index (χ1n) is 6.04. The van der Waals surface area contributed by atoms with Gasteiger partial charge in [-0.2, -0.15) is 0 Å². The number of ether oxygens (including phenoxy) is 2. The molecule has 6 heteroatoms. The molecule has 1 N–H and O–H groups in total. The summed E-state index contributed by atoms with van der Waals surface area (Å²) >= 11 is 0. The Kier molecular flexibility index (Phi) is 4.37. The first-order chi connectivity index (χ1) is 9.65. The van der Waals surface area contributed by atoms with E-state index < -0.39 is 11.5 Å².